The Morgan fingerprint density at radius 2 is 2.67 bits per heavy atom. The van der Waals surface area contributed by atoms with Gasteiger partial charge in [-0.2, -0.15) is 5.10 Å². The molecule has 5 heteroatoms. The summed E-state index contributed by atoms with van der Waals surface area (Å²) in [7, 11) is 1.79. The van der Waals surface area contributed by atoms with Crippen molar-refractivity contribution in [3.63, 3.8) is 0 Å². The molecule has 15 heavy (non-hydrogen) atoms. The summed E-state index contributed by atoms with van der Waals surface area (Å²) < 4.78 is 7.02. The first-order valence-corrected chi connectivity index (χ1v) is 5.14. The number of carbonyl (C=O) groups is 1. The van der Waals surface area contributed by atoms with E-state index in [0.717, 1.165) is 19.4 Å². The van der Waals surface area contributed by atoms with Crippen LogP contribution in [0.1, 0.15) is 23.2 Å². The van der Waals surface area contributed by atoms with Gasteiger partial charge in [-0.05, 0) is 12.8 Å². The molecule has 1 atom stereocenters. The number of nitrogens with zero attached hydrogens (tertiary/aromatic N) is 2. The van der Waals surface area contributed by atoms with Gasteiger partial charge < -0.3 is 10.1 Å². The van der Waals surface area contributed by atoms with Crippen LogP contribution in [0.25, 0.3) is 0 Å². The highest BCUT2D eigenvalue weighted by Crippen LogP contribution is 2.10. The van der Waals surface area contributed by atoms with Crippen LogP contribution in [0, 0.1) is 0 Å². The normalized spacial score (nSPS) is 20.5. The molecule has 2 rings (SSSR count). The summed E-state index contributed by atoms with van der Waals surface area (Å²) in [5.74, 6) is -0.0846. The quantitative estimate of drug-likeness (QED) is 0.780. The van der Waals surface area contributed by atoms with Crippen LogP contribution >= 0.6 is 0 Å². The smallest absolute Gasteiger partial charge is 0.254 e. The average Bonchev–Trinajstić information content (AvgIpc) is 2.84. The fraction of sp³-hybridized carbons (Fsp3) is 0.600. The molecule has 82 valence electrons. The Balaban J connectivity index is 1.81. The van der Waals surface area contributed by atoms with Gasteiger partial charge in [-0.15, -0.1) is 0 Å². The maximum atomic E-state index is 11.6. The summed E-state index contributed by atoms with van der Waals surface area (Å²) >= 11 is 0. The molecule has 0 unspecified atom stereocenters. The third-order valence-corrected chi connectivity index (χ3v) is 2.48. The minimum atomic E-state index is -0.0846. The molecule has 1 saturated heterocycles. The second-order valence-corrected chi connectivity index (χ2v) is 3.75. The van der Waals surface area contributed by atoms with Crippen LogP contribution < -0.4 is 5.32 Å². The molecule has 1 fully saturated rings. The van der Waals surface area contributed by atoms with E-state index in [1.165, 1.54) is 0 Å². The number of nitrogens with one attached hydrogen (secondary N) is 1. The summed E-state index contributed by atoms with van der Waals surface area (Å²) in [6, 6.07) is 0. The van der Waals surface area contributed by atoms with Gasteiger partial charge in [0.1, 0.15) is 0 Å². The molecule has 0 aliphatic carbocycles. The van der Waals surface area contributed by atoms with Crippen molar-refractivity contribution < 1.29 is 9.53 Å². The van der Waals surface area contributed by atoms with Gasteiger partial charge in [-0.25, -0.2) is 0 Å². The van der Waals surface area contributed by atoms with E-state index in [1.807, 2.05) is 0 Å². The second kappa shape index (κ2) is 4.44. The van der Waals surface area contributed by atoms with Crippen LogP contribution in [0.3, 0.4) is 0 Å². The fourth-order valence-corrected chi connectivity index (χ4v) is 1.65. The number of hydrogen-bond donors (Lipinski definition) is 1. The largest absolute Gasteiger partial charge is 0.376 e. The lowest BCUT2D eigenvalue weighted by atomic mass is 10.2. The number of hydrogen-bond acceptors (Lipinski definition) is 3. The highest BCUT2D eigenvalue weighted by atomic mass is 16.5. The third-order valence-electron chi connectivity index (χ3n) is 2.48. The first-order valence-electron chi connectivity index (χ1n) is 5.14. The number of amides is 1. The molecule has 5 nitrogen and oxygen atoms in total. The molecule has 1 aliphatic rings. The number of rotatable bonds is 3. The Labute approximate surface area is 88.4 Å². The van der Waals surface area contributed by atoms with Gasteiger partial charge >= 0.3 is 0 Å². The molecule has 0 bridgehead atoms. The Kier molecular flexibility index (Phi) is 3.01. The van der Waals surface area contributed by atoms with E-state index >= 15 is 0 Å². The van der Waals surface area contributed by atoms with E-state index in [2.05, 4.69) is 10.4 Å². The van der Waals surface area contributed by atoms with E-state index < -0.39 is 0 Å². The lowest BCUT2D eigenvalue weighted by Crippen LogP contribution is -2.31. The monoisotopic (exact) mass is 209 g/mol. The van der Waals surface area contributed by atoms with Gasteiger partial charge in [0.15, 0.2) is 0 Å². The van der Waals surface area contributed by atoms with Gasteiger partial charge in [0.2, 0.25) is 0 Å². The van der Waals surface area contributed by atoms with Crippen molar-refractivity contribution in [1.29, 1.82) is 0 Å². The Morgan fingerprint density at radius 1 is 1.80 bits per heavy atom. The number of ether oxygens (including phenoxy) is 1. The van der Waals surface area contributed by atoms with E-state index in [-0.39, 0.29) is 12.0 Å². The van der Waals surface area contributed by atoms with Gasteiger partial charge in [-0.1, -0.05) is 0 Å². The molecule has 1 amide bonds. The van der Waals surface area contributed by atoms with Crippen molar-refractivity contribution in [2.24, 2.45) is 7.05 Å². The minimum Gasteiger partial charge on any atom is -0.376 e. The second-order valence-electron chi connectivity index (χ2n) is 3.75. The van der Waals surface area contributed by atoms with Crippen LogP contribution in [0.15, 0.2) is 12.4 Å². The van der Waals surface area contributed by atoms with Gasteiger partial charge in [0.05, 0.1) is 17.9 Å². The summed E-state index contributed by atoms with van der Waals surface area (Å²) in [6.45, 7) is 1.40. The van der Waals surface area contributed by atoms with Gasteiger partial charge in [0, 0.05) is 26.4 Å². The molecule has 0 spiro atoms. The topological polar surface area (TPSA) is 56.2 Å². The van der Waals surface area contributed by atoms with E-state index in [4.69, 9.17) is 4.74 Å². The zero-order chi connectivity index (χ0) is 10.7. The maximum Gasteiger partial charge on any atom is 0.254 e. The molecule has 0 saturated carbocycles. The fourth-order valence-electron chi connectivity index (χ4n) is 1.65. The van der Waals surface area contributed by atoms with Gasteiger partial charge in [-0.3, -0.25) is 9.48 Å². The summed E-state index contributed by atoms with van der Waals surface area (Å²) in [5, 5.41) is 6.78. The summed E-state index contributed by atoms with van der Waals surface area (Å²) in [5.41, 5.74) is 0.593. The minimum absolute atomic E-state index is 0.0846. The van der Waals surface area contributed by atoms with Crippen molar-refractivity contribution >= 4 is 5.91 Å². The Morgan fingerprint density at radius 3 is 3.27 bits per heavy atom. The van der Waals surface area contributed by atoms with Crippen molar-refractivity contribution in [2.45, 2.75) is 18.9 Å². The molecule has 0 aromatic carbocycles. The molecular weight excluding hydrogens is 194 g/mol. The molecule has 1 aromatic heterocycles. The summed E-state index contributed by atoms with van der Waals surface area (Å²) in [6.07, 6.45) is 5.57. The molecule has 1 N–H and O–H groups in total. The van der Waals surface area contributed by atoms with Crippen LogP contribution in [0.2, 0.25) is 0 Å². The first kappa shape index (κ1) is 10.2. The standard InChI is InChI=1S/C10H15N3O2/c1-13-7-8(5-12-13)10(14)11-6-9-3-2-4-15-9/h5,7,9H,2-4,6H2,1H3,(H,11,14)/t9-/m1/s1. The molecule has 2 heterocycles. The van der Waals surface area contributed by atoms with Crippen LogP contribution in [-0.4, -0.2) is 34.9 Å². The van der Waals surface area contributed by atoms with E-state index in [0.29, 0.717) is 12.1 Å². The summed E-state index contributed by atoms with van der Waals surface area (Å²) in [4.78, 5) is 11.6. The molecule has 1 aliphatic heterocycles. The van der Waals surface area contributed by atoms with Crippen LogP contribution in [0.5, 0.6) is 0 Å². The van der Waals surface area contributed by atoms with E-state index in [1.54, 1.807) is 24.1 Å². The van der Waals surface area contributed by atoms with Crippen molar-refractivity contribution in [1.82, 2.24) is 15.1 Å². The average molecular weight is 209 g/mol. The predicted molar refractivity (Wildman–Crippen MR) is 54.5 cm³/mol. The zero-order valence-electron chi connectivity index (χ0n) is 8.77. The lowest BCUT2D eigenvalue weighted by Gasteiger charge is -2.09. The number of carbonyl (C=O) groups excluding carboxylic acids is 1. The third kappa shape index (κ3) is 2.56. The van der Waals surface area contributed by atoms with Crippen molar-refractivity contribution in [3.05, 3.63) is 18.0 Å². The Bertz CT molecular complexity index is 342. The predicted octanol–water partition coefficient (Wildman–Crippen LogP) is 0.329. The molecule has 0 radical (unpaired) electrons. The van der Waals surface area contributed by atoms with E-state index in [9.17, 15) is 4.79 Å². The highest BCUT2D eigenvalue weighted by molar-refractivity contribution is 5.93. The number of aromatic nitrogens is 2. The van der Waals surface area contributed by atoms with Gasteiger partial charge in [0.25, 0.3) is 5.91 Å². The van der Waals surface area contributed by atoms with Crippen molar-refractivity contribution in [3.8, 4) is 0 Å². The van der Waals surface area contributed by atoms with Crippen LogP contribution in [-0.2, 0) is 11.8 Å². The SMILES string of the molecule is Cn1cc(C(=O)NC[C@H]2CCCO2)cn1. The highest BCUT2D eigenvalue weighted by Gasteiger charge is 2.16. The Hall–Kier alpha value is -1.36. The molecule has 1 aromatic rings. The number of aryl methyl sites for hydroxylation is 1. The lowest BCUT2D eigenvalue weighted by molar-refractivity contribution is 0.0857. The first-order chi connectivity index (χ1) is 7.25. The maximum absolute atomic E-state index is 11.6. The van der Waals surface area contributed by atoms with Crippen molar-refractivity contribution in [2.75, 3.05) is 13.2 Å². The van der Waals surface area contributed by atoms with Crippen LogP contribution in [0.4, 0.5) is 0 Å². The molecular formula is C10H15N3O2. The zero-order valence-corrected chi connectivity index (χ0v) is 8.77.